The van der Waals surface area contributed by atoms with E-state index in [1.54, 1.807) is 5.32 Å². The van der Waals surface area contributed by atoms with Crippen molar-refractivity contribution in [2.75, 3.05) is 12.4 Å². The monoisotopic (exact) mass is 339 g/mol. The lowest BCUT2D eigenvalue weighted by Gasteiger charge is -2.23. The lowest BCUT2D eigenvalue weighted by atomic mass is 9.86. The van der Waals surface area contributed by atoms with E-state index in [2.05, 4.69) is 4.74 Å². The van der Waals surface area contributed by atoms with Crippen LogP contribution in [0.25, 0.3) is 0 Å². The summed E-state index contributed by atoms with van der Waals surface area (Å²) in [4.78, 5) is 23.1. The van der Waals surface area contributed by atoms with Gasteiger partial charge in [0.15, 0.2) is 23.3 Å². The van der Waals surface area contributed by atoms with Crippen LogP contribution in [0.3, 0.4) is 0 Å². The van der Waals surface area contributed by atoms with Crippen LogP contribution in [0.4, 0.5) is 27.6 Å². The predicted octanol–water partition coefficient (Wildman–Crippen LogP) is 3.30. The van der Waals surface area contributed by atoms with Crippen LogP contribution >= 0.6 is 0 Å². The molecule has 0 aliphatic carbocycles. The van der Waals surface area contributed by atoms with E-state index in [1.165, 1.54) is 13.8 Å². The molecule has 0 aromatic heterocycles. The predicted molar refractivity (Wildman–Crippen MR) is 69.9 cm³/mol. The molecule has 0 saturated carbocycles. The van der Waals surface area contributed by atoms with Crippen LogP contribution < -0.4 is 5.32 Å². The molecular weight excluding hydrogens is 325 g/mol. The Morgan fingerprint density at radius 1 is 0.957 bits per heavy atom. The topological polar surface area (TPSA) is 55.4 Å². The Labute approximate surface area is 128 Å². The second kappa shape index (κ2) is 6.93. The zero-order valence-electron chi connectivity index (χ0n) is 12.5. The molecule has 0 unspecified atom stereocenters. The smallest absolute Gasteiger partial charge is 0.305 e. The van der Waals surface area contributed by atoms with Crippen molar-refractivity contribution < 1.29 is 36.3 Å². The van der Waals surface area contributed by atoms with E-state index in [1.807, 2.05) is 0 Å². The van der Waals surface area contributed by atoms with Crippen molar-refractivity contribution >= 4 is 17.6 Å². The summed E-state index contributed by atoms with van der Waals surface area (Å²) < 4.78 is 70.5. The van der Waals surface area contributed by atoms with Gasteiger partial charge in [-0.1, -0.05) is 13.8 Å². The van der Waals surface area contributed by atoms with Crippen molar-refractivity contribution in [1.29, 1.82) is 0 Å². The molecule has 9 heteroatoms. The number of amides is 1. The van der Waals surface area contributed by atoms with E-state index in [9.17, 15) is 31.5 Å². The Bertz CT molecular complexity index is 617. The number of methoxy groups -OCH3 is 1. The van der Waals surface area contributed by atoms with Gasteiger partial charge in [0, 0.05) is 11.8 Å². The lowest BCUT2D eigenvalue weighted by Crippen LogP contribution is -2.32. The van der Waals surface area contributed by atoms with Gasteiger partial charge in [0.05, 0.1) is 7.11 Å². The van der Waals surface area contributed by atoms with Crippen LogP contribution in [-0.2, 0) is 14.3 Å². The number of benzene rings is 1. The molecule has 0 bridgehead atoms. The van der Waals surface area contributed by atoms with E-state index in [0.717, 1.165) is 7.11 Å². The van der Waals surface area contributed by atoms with E-state index < -0.39 is 52.1 Å². The van der Waals surface area contributed by atoms with Gasteiger partial charge in [0.1, 0.15) is 5.69 Å². The highest BCUT2D eigenvalue weighted by Gasteiger charge is 2.32. The normalized spacial score (nSPS) is 11.3. The minimum absolute atomic E-state index is 0.0547. The molecule has 1 aromatic carbocycles. The Morgan fingerprint density at radius 3 is 1.83 bits per heavy atom. The van der Waals surface area contributed by atoms with E-state index >= 15 is 0 Å². The Hall–Kier alpha value is -2.19. The van der Waals surface area contributed by atoms with Crippen molar-refractivity contribution in [3.63, 3.8) is 0 Å². The highest BCUT2D eigenvalue weighted by atomic mass is 19.2. The van der Waals surface area contributed by atoms with Gasteiger partial charge in [-0.15, -0.1) is 0 Å². The third-order valence-corrected chi connectivity index (χ3v) is 3.24. The molecule has 1 amide bonds. The minimum Gasteiger partial charge on any atom is -0.469 e. The fourth-order valence-corrected chi connectivity index (χ4v) is 1.63. The first-order valence-electron chi connectivity index (χ1n) is 6.42. The first-order chi connectivity index (χ1) is 10.5. The van der Waals surface area contributed by atoms with E-state index in [0.29, 0.717) is 0 Å². The quantitative estimate of drug-likeness (QED) is 0.388. The molecular formula is C14H14F5NO3. The third kappa shape index (κ3) is 3.96. The van der Waals surface area contributed by atoms with Crippen molar-refractivity contribution in [2.45, 2.75) is 26.7 Å². The summed E-state index contributed by atoms with van der Waals surface area (Å²) in [6, 6.07) is 0. The molecule has 1 aromatic rings. The molecule has 0 spiro atoms. The maximum absolute atomic E-state index is 13.5. The summed E-state index contributed by atoms with van der Waals surface area (Å²) >= 11 is 0. The van der Waals surface area contributed by atoms with Crippen LogP contribution in [0, 0.1) is 34.5 Å². The highest BCUT2D eigenvalue weighted by Crippen LogP contribution is 2.30. The van der Waals surface area contributed by atoms with E-state index in [-0.39, 0.29) is 12.8 Å². The number of nitrogens with one attached hydrogen (secondary N) is 1. The van der Waals surface area contributed by atoms with Crippen LogP contribution in [0.2, 0.25) is 0 Å². The number of carbonyl (C=O) groups excluding carboxylic acids is 2. The Kier molecular flexibility index (Phi) is 5.68. The van der Waals surface area contributed by atoms with E-state index in [4.69, 9.17) is 0 Å². The second-order valence-electron chi connectivity index (χ2n) is 5.36. The Balaban J connectivity index is 3.04. The number of hydrogen-bond donors (Lipinski definition) is 1. The molecule has 0 aliphatic heterocycles. The fourth-order valence-electron chi connectivity index (χ4n) is 1.63. The van der Waals surface area contributed by atoms with Gasteiger partial charge in [0.25, 0.3) is 0 Å². The highest BCUT2D eigenvalue weighted by molar-refractivity contribution is 5.95. The summed E-state index contributed by atoms with van der Waals surface area (Å²) in [6.45, 7) is 2.69. The van der Waals surface area contributed by atoms with Crippen LogP contribution in [0.1, 0.15) is 26.7 Å². The summed E-state index contributed by atoms with van der Waals surface area (Å²) in [5.74, 6) is -12.5. The number of esters is 1. The fraction of sp³-hybridized carbons (Fsp3) is 0.429. The summed E-state index contributed by atoms with van der Waals surface area (Å²) in [5, 5.41) is 1.68. The summed E-state index contributed by atoms with van der Waals surface area (Å²) in [5.41, 5.74) is -2.74. The zero-order valence-corrected chi connectivity index (χ0v) is 12.5. The molecule has 0 atom stereocenters. The molecule has 0 fully saturated rings. The number of anilines is 1. The maximum atomic E-state index is 13.5. The molecule has 0 radical (unpaired) electrons. The van der Waals surface area contributed by atoms with Gasteiger partial charge >= 0.3 is 5.97 Å². The van der Waals surface area contributed by atoms with Gasteiger partial charge < -0.3 is 10.1 Å². The van der Waals surface area contributed by atoms with Crippen LogP contribution in [0.5, 0.6) is 0 Å². The Morgan fingerprint density at radius 2 is 1.39 bits per heavy atom. The third-order valence-electron chi connectivity index (χ3n) is 3.24. The SMILES string of the molecule is COC(=O)CCC(C)(C)C(=O)Nc1c(F)c(F)c(F)c(F)c1F. The summed E-state index contributed by atoms with van der Waals surface area (Å²) in [7, 11) is 1.14. The van der Waals surface area contributed by atoms with Crippen molar-refractivity contribution in [3.05, 3.63) is 29.1 Å². The second-order valence-corrected chi connectivity index (χ2v) is 5.36. The lowest BCUT2D eigenvalue weighted by molar-refractivity contribution is -0.141. The maximum Gasteiger partial charge on any atom is 0.305 e. The number of halogens is 5. The zero-order chi connectivity index (χ0) is 17.9. The average molecular weight is 339 g/mol. The molecule has 1 N–H and O–H groups in total. The molecule has 0 saturated heterocycles. The van der Waals surface area contributed by atoms with Gasteiger partial charge in [0.2, 0.25) is 11.7 Å². The first-order valence-corrected chi connectivity index (χ1v) is 6.42. The molecule has 128 valence electrons. The summed E-state index contributed by atoms with van der Waals surface area (Å²) in [6.07, 6.45) is -0.213. The van der Waals surface area contributed by atoms with Crippen molar-refractivity contribution in [2.24, 2.45) is 5.41 Å². The average Bonchev–Trinajstić information content (AvgIpc) is 2.52. The molecule has 0 heterocycles. The van der Waals surface area contributed by atoms with Crippen molar-refractivity contribution in [1.82, 2.24) is 0 Å². The standard InChI is InChI=1S/C14H14F5NO3/c1-14(2,5-4-6(21)23-3)13(22)20-12-10(18)8(16)7(15)9(17)11(12)19/h4-5H2,1-3H3,(H,20,22). The molecule has 4 nitrogen and oxygen atoms in total. The molecule has 23 heavy (non-hydrogen) atoms. The largest absolute Gasteiger partial charge is 0.469 e. The van der Waals surface area contributed by atoms with Gasteiger partial charge in [-0.2, -0.15) is 0 Å². The van der Waals surface area contributed by atoms with Crippen LogP contribution in [-0.4, -0.2) is 19.0 Å². The minimum atomic E-state index is -2.32. The number of carbonyl (C=O) groups is 2. The van der Waals surface area contributed by atoms with Gasteiger partial charge in [-0.3, -0.25) is 9.59 Å². The number of ether oxygens (including phenoxy) is 1. The number of hydrogen-bond acceptors (Lipinski definition) is 3. The van der Waals surface area contributed by atoms with Crippen molar-refractivity contribution in [3.8, 4) is 0 Å². The van der Waals surface area contributed by atoms with Gasteiger partial charge in [-0.25, -0.2) is 22.0 Å². The molecule has 0 aliphatic rings. The molecule has 1 rings (SSSR count). The van der Waals surface area contributed by atoms with Crippen LogP contribution in [0.15, 0.2) is 0 Å². The number of rotatable bonds is 5. The van der Waals surface area contributed by atoms with Gasteiger partial charge in [-0.05, 0) is 6.42 Å². The first kappa shape index (κ1) is 18.9.